The SMILES string of the molecule is COC(=O)c1cc2[nH]c(-c3ccccc3N)c(-c3ccccc3)c2s1. The molecule has 0 aliphatic carbocycles. The van der Waals surface area contributed by atoms with Crippen molar-refractivity contribution in [2.75, 3.05) is 12.8 Å². The smallest absolute Gasteiger partial charge is 0.348 e. The number of H-pyrrole nitrogens is 1. The van der Waals surface area contributed by atoms with E-state index in [4.69, 9.17) is 10.5 Å². The molecule has 0 saturated carbocycles. The maximum absolute atomic E-state index is 11.9. The minimum absolute atomic E-state index is 0.325. The molecule has 5 heteroatoms. The van der Waals surface area contributed by atoms with Crippen LogP contribution in [0.5, 0.6) is 0 Å². The zero-order valence-corrected chi connectivity index (χ0v) is 14.4. The number of nitrogen functional groups attached to an aromatic ring is 1. The molecule has 2 aromatic carbocycles. The first-order chi connectivity index (χ1) is 12.2. The molecule has 0 fully saturated rings. The lowest BCUT2D eigenvalue weighted by Crippen LogP contribution is -1.97. The molecule has 0 aliphatic heterocycles. The molecule has 4 nitrogen and oxygen atoms in total. The molecule has 4 rings (SSSR count). The van der Waals surface area contributed by atoms with Crippen molar-refractivity contribution in [1.82, 2.24) is 4.98 Å². The zero-order chi connectivity index (χ0) is 17.4. The quantitative estimate of drug-likeness (QED) is 0.407. The molecule has 0 bridgehead atoms. The van der Waals surface area contributed by atoms with Crippen molar-refractivity contribution in [1.29, 1.82) is 0 Å². The van der Waals surface area contributed by atoms with Crippen molar-refractivity contribution in [2.24, 2.45) is 0 Å². The number of benzene rings is 2. The average molecular weight is 348 g/mol. The third-order valence-electron chi connectivity index (χ3n) is 4.15. The maximum Gasteiger partial charge on any atom is 0.348 e. The van der Waals surface area contributed by atoms with E-state index in [-0.39, 0.29) is 5.97 Å². The van der Waals surface area contributed by atoms with Crippen LogP contribution in [0.3, 0.4) is 0 Å². The van der Waals surface area contributed by atoms with Crippen molar-refractivity contribution in [2.45, 2.75) is 0 Å². The summed E-state index contributed by atoms with van der Waals surface area (Å²) in [5, 5.41) is 0. The topological polar surface area (TPSA) is 68.1 Å². The van der Waals surface area contributed by atoms with Crippen molar-refractivity contribution in [3.8, 4) is 22.4 Å². The Kier molecular flexibility index (Phi) is 3.78. The van der Waals surface area contributed by atoms with E-state index in [1.165, 1.54) is 18.4 Å². The molecular formula is C20H16N2O2S. The van der Waals surface area contributed by atoms with Gasteiger partial charge < -0.3 is 15.5 Å². The lowest BCUT2D eigenvalue weighted by Gasteiger charge is -2.08. The highest BCUT2D eigenvalue weighted by atomic mass is 32.1. The summed E-state index contributed by atoms with van der Waals surface area (Å²) in [6.07, 6.45) is 0. The molecule has 2 heterocycles. The number of esters is 1. The van der Waals surface area contributed by atoms with Crippen LogP contribution >= 0.6 is 11.3 Å². The second-order valence-corrected chi connectivity index (χ2v) is 6.73. The highest BCUT2D eigenvalue weighted by Gasteiger charge is 2.21. The van der Waals surface area contributed by atoms with Gasteiger partial charge in [0.25, 0.3) is 0 Å². The Morgan fingerprint density at radius 3 is 2.52 bits per heavy atom. The van der Waals surface area contributed by atoms with Crippen LogP contribution in [-0.2, 0) is 4.74 Å². The van der Waals surface area contributed by atoms with Crippen LogP contribution in [0.25, 0.3) is 32.6 Å². The molecule has 0 radical (unpaired) electrons. The average Bonchev–Trinajstić information content (AvgIpc) is 3.20. The van der Waals surface area contributed by atoms with E-state index in [0.717, 1.165) is 32.6 Å². The Labute approximate surface area is 148 Å². The first-order valence-corrected chi connectivity index (χ1v) is 8.65. The Balaban J connectivity index is 2.02. The summed E-state index contributed by atoms with van der Waals surface area (Å²) in [4.78, 5) is 15.9. The van der Waals surface area contributed by atoms with Gasteiger partial charge in [0.1, 0.15) is 4.88 Å². The summed E-state index contributed by atoms with van der Waals surface area (Å²) < 4.78 is 5.87. The Morgan fingerprint density at radius 2 is 1.80 bits per heavy atom. The van der Waals surface area contributed by atoms with E-state index in [0.29, 0.717) is 10.6 Å². The molecule has 124 valence electrons. The number of anilines is 1. The maximum atomic E-state index is 11.9. The van der Waals surface area contributed by atoms with E-state index in [9.17, 15) is 4.79 Å². The second-order valence-electron chi connectivity index (χ2n) is 5.67. The Bertz CT molecular complexity index is 1060. The largest absolute Gasteiger partial charge is 0.465 e. The Morgan fingerprint density at radius 1 is 1.08 bits per heavy atom. The molecule has 0 spiro atoms. The number of carbonyl (C=O) groups excluding carboxylic acids is 1. The lowest BCUT2D eigenvalue weighted by atomic mass is 10.0. The van der Waals surface area contributed by atoms with Crippen LogP contribution in [0, 0.1) is 0 Å². The third kappa shape index (κ3) is 2.58. The van der Waals surface area contributed by atoms with Gasteiger partial charge in [-0.05, 0) is 17.7 Å². The van der Waals surface area contributed by atoms with Crippen LogP contribution in [0.4, 0.5) is 5.69 Å². The van der Waals surface area contributed by atoms with Crippen LogP contribution in [0.15, 0.2) is 60.7 Å². The first kappa shape index (κ1) is 15.5. The van der Waals surface area contributed by atoms with Crippen molar-refractivity contribution >= 4 is 33.2 Å². The van der Waals surface area contributed by atoms with Gasteiger partial charge in [0.05, 0.1) is 23.0 Å². The van der Waals surface area contributed by atoms with Gasteiger partial charge in [-0.1, -0.05) is 48.5 Å². The Hall–Kier alpha value is -3.05. The molecule has 4 aromatic rings. The van der Waals surface area contributed by atoms with Gasteiger partial charge in [-0.3, -0.25) is 0 Å². The normalized spacial score (nSPS) is 10.9. The summed E-state index contributed by atoms with van der Waals surface area (Å²) in [6, 6.07) is 19.7. The molecule has 0 aliphatic rings. The molecule has 0 saturated heterocycles. The predicted molar refractivity (Wildman–Crippen MR) is 103 cm³/mol. The number of nitrogens with one attached hydrogen (secondary N) is 1. The van der Waals surface area contributed by atoms with Crippen molar-refractivity contribution in [3.05, 3.63) is 65.5 Å². The van der Waals surface area contributed by atoms with Gasteiger partial charge in [0, 0.05) is 16.8 Å². The molecule has 0 amide bonds. The minimum atomic E-state index is -0.325. The fourth-order valence-corrected chi connectivity index (χ4v) is 4.09. The fourth-order valence-electron chi connectivity index (χ4n) is 2.99. The van der Waals surface area contributed by atoms with Crippen LogP contribution in [0.1, 0.15) is 9.67 Å². The summed E-state index contributed by atoms with van der Waals surface area (Å²) in [7, 11) is 1.39. The van der Waals surface area contributed by atoms with Gasteiger partial charge in [0.15, 0.2) is 0 Å². The minimum Gasteiger partial charge on any atom is -0.465 e. The molecule has 0 unspecified atom stereocenters. The number of aromatic nitrogens is 1. The van der Waals surface area contributed by atoms with E-state index >= 15 is 0 Å². The number of hydrogen-bond acceptors (Lipinski definition) is 4. The third-order valence-corrected chi connectivity index (χ3v) is 5.28. The number of aromatic amines is 1. The summed E-state index contributed by atoms with van der Waals surface area (Å²) in [5.74, 6) is -0.325. The summed E-state index contributed by atoms with van der Waals surface area (Å²) in [6.45, 7) is 0. The molecular weight excluding hydrogens is 332 g/mol. The number of fused-ring (bicyclic) bond motifs is 1. The van der Waals surface area contributed by atoms with Crippen LogP contribution < -0.4 is 5.73 Å². The van der Waals surface area contributed by atoms with Crippen molar-refractivity contribution in [3.63, 3.8) is 0 Å². The molecule has 25 heavy (non-hydrogen) atoms. The first-order valence-electron chi connectivity index (χ1n) is 7.83. The number of hydrogen-bond donors (Lipinski definition) is 2. The highest BCUT2D eigenvalue weighted by Crippen LogP contribution is 2.43. The standard InChI is InChI=1S/C20H16N2O2S/c1-24-20(23)16-11-15-19(25-16)17(12-7-3-2-4-8-12)18(22-15)13-9-5-6-10-14(13)21/h2-11,22H,21H2,1H3. The molecule has 2 aromatic heterocycles. The highest BCUT2D eigenvalue weighted by molar-refractivity contribution is 7.21. The fraction of sp³-hybridized carbons (Fsp3) is 0.0500. The van der Waals surface area contributed by atoms with E-state index in [1.807, 2.05) is 48.5 Å². The number of methoxy groups -OCH3 is 1. The second kappa shape index (κ2) is 6.11. The van der Waals surface area contributed by atoms with Gasteiger partial charge in [-0.2, -0.15) is 0 Å². The molecule has 0 atom stereocenters. The van der Waals surface area contributed by atoms with E-state index in [1.54, 1.807) is 0 Å². The van der Waals surface area contributed by atoms with E-state index < -0.39 is 0 Å². The number of rotatable bonds is 3. The monoisotopic (exact) mass is 348 g/mol. The van der Waals surface area contributed by atoms with Gasteiger partial charge >= 0.3 is 5.97 Å². The van der Waals surface area contributed by atoms with Gasteiger partial charge in [-0.15, -0.1) is 11.3 Å². The van der Waals surface area contributed by atoms with Crippen LogP contribution in [0.2, 0.25) is 0 Å². The van der Waals surface area contributed by atoms with E-state index in [2.05, 4.69) is 17.1 Å². The zero-order valence-electron chi connectivity index (χ0n) is 13.6. The number of thiophene rings is 1. The number of para-hydroxylation sites is 1. The van der Waals surface area contributed by atoms with Gasteiger partial charge in [0.2, 0.25) is 0 Å². The predicted octanol–water partition coefficient (Wildman–Crippen LogP) is 4.93. The van der Waals surface area contributed by atoms with Crippen molar-refractivity contribution < 1.29 is 9.53 Å². The number of carbonyl (C=O) groups is 1. The van der Waals surface area contributed by atoms with Gasteiger partial charge in [-0.25, -0.2) is 4.79 Å². The summed E-state index contributed by atoms with van der Waals surface area (Å²) >= 11 is 1.43. The lowest BCUT2D eigenvalue weighted by molar-refractivity contribution is 0.0606. The summed E-state index contributed by atoms with van der Waals surface area (Å²) in [5.41, 5.74) is 11.8. The number of nitrogens with two attached hydrogens (primary N) is 1. The molecule has 3 N–H and O–H groups in total. The van der Waals surface area contributed by atoms with Crippen LogP contribution in [-0.4, -0.2) is 18.1 Å². The number of ether oxygens (including phenoxy) is 1.